The third kappa shape index (κ3) is 6.53. The van der Waals surface area contributed by atoms with E-state index in [9.17, 15) is 0 Å². The molecule has 344 valence electrons. The molecule has 2 aliphatic rings. The molecule has 15 rings (SSSR count). The van der Waals surface area contributed by atoms with Gasteiger partial charge in [0.15, 0.2) is 17.5 Å². The second-order valence-corrected chi connectivity index (χ2v) is 20.3. The van der Waals surface area contributed by atoms with E-state index in [1.807, 2.05) is 35.9 Å². The number of thiophene rings is 1. The average Bonchev–Trinajstić information content (AvgIpc) is 4.15. The van der Waals surface area contributed by atoms with E-state index in [4.69, 9.17) is 15.0 Å². The summed E-state index contributed by atoms with van der Waals surface area (Å²) in [6.45, 7) is 0. The van der Waals surface area contributed by atoms with E-state index in [1.165, 1.54) is 81.4 Å². The molecule has 13 aromatic rings. The van der Waals surface area contributed by atoms with Gasteiger partial charge < -0.3 is 0 Å². The zero-order valence-corrected chi connectivity index (χ0v) is 40.8. The van der Waals surface area contributed by atoms with Crippen LogP contribution in [0.2, 0.25) is 0 Å². The lowest BCUT2D eigenvalue weighted by molar-refractivity contribution is 0.794. The summed E-state index contributed by atoms with van der Waals surface area (Å²) in [5.41, 5.74) is 21.9. The molecule has 0 atom stereocenters. The van der Waals surface area contributed by atoms with E-state index in [0.29, 0.717) is 17.5 Å². The molecule has 0 N–H and O–H groups in total. The average molecular weight is 959 g/mol. The molecule has 3 aromatic heterocycles. The summed E-state index contributed by atoms with van der Waals surface area (Å²) in [5.74, 6) is 1.88. The fourth-order valence-corrected chi connectivity index (χ4v) is 13.3. The topological polar surface area (TPSA) is 51.6 Å². The molecule has 0 unspecified atom stereocenters. The molecule has 0 radical (unpaired) electrons. The number of hydrogen-bond donors (Lipinski definition) is 0. The molecule has 0 saturated carbocycles. The van der Waals surface area contributed by atoms with Crippen LogP contribution in [0.3, 0.4) is 0 Å². The second-order valence-electron chi connectivity index (χ2n) is 19.3. The predicted octanol–water partition coefficient (Wildman–Crippen LogP) is 17.6. The summed E-state index contributed by atoms with van der Waals surface area (Å²) in [6.07, 6.45) is 3.73. The van der Waals surface area contributed by atoms with Crippen molar-refractivity contribution < 1.29 is 0 Å². The maximum atomic E-state index is 5.36. The van der Waals surface area contributed by atoms with Crippen molar-refractivity contribution >= 4 is 31.5 Å². The van der Waals surface area contributed by atoms with Gasteiger partial charge in [0.25, 0.3) is 0 Å². The predicted molar refractivity (Wildman–Crippen MR) is 305 cm³/mol. The Hall–Kier alpha value is -9.42. The molecular formula is C69H42N4S. The largest absolute Gasteiger partial charge is 0.264 e. The molecule has 74 heavy (non-hydrogen) atoms. The van der Waals surface area contributed by atoms with Crippen molar-refractivity contribution in [3.8, 4) is 101 Å². The number of rotatable bonds is 7. The van der Waals surface area contributed by atoms with E-state index in [1.54, 1.807) is 0 Å². The Labute approximate surface area is 432 Å². The van der Waals surface area contributed by atoms with Gasteiger partial charge in [0, 0.05) is 49.3 Å². The first-order valence-electron chi connectivity index (χ1n) is 25.1. The van der Waals surface area contributed by atoms with Crippen molar-refractivity contribution in [1.82, 2.24) is 19.9 Å². The normalized spacial score (nSPS) is 12.7. The molecule has 0 aliphatic heterocycles. The van der Waals surface area contributed by atoms with E-state index in [2.05, 4.69) is 236 Å². The van der Waals surface area contributed by atoms with E-state index in [0.717, 1.165) is 44.5 Å². The Morgan fingerprint density at radius 2 is 0.662 bits per heavy atom. The molecule has 4 nitrogen and oxygen atoms in total. The van der Waals surface area contributed by atoms with Crippen LogP contribution in [-0.4, -0.2) is 19.9 Å². The lowest BCUT2D eigenvalue weighted by Gasteiger charge is -2.30. The Balaban J connectivity index is 0.846. The number of fused-ring (bicyclic) bond motifs is 13. The van der Waals surface area contributed by atoms with Crippen molar-refractivity contribution in [2.45, 2.75) is 5.41 Å². The molecular weight excluding hydrogens is 917 g/mol. The van der Waals surface area contributed by atoms with E-state index < -0.39 is 5.41 Å². The van der Waals surface area contributed by atoms with E-state index in [-0.39, 0.29) is 0 Å². The Kier molecular flexibility index (Phi) is 9.62. The smallest absolute Gasteiger partial charge is 0.164 e. The molecule has 0 bridgehead atoms. The fraction of sp³-hybridized carbons (Fsp3) is 0.0145. The first-order valence-corrected chi connectivity index (χ1v) is 25.9. The quantitative estimate of drug-likeness (QED) is 0.160. The zero-order valence-electron chi connectivity index (χ0n) is 39.9. The Morgan fingerprint density at radius 1 is 0.270 bits per heavy atom. The van der Waals surface area contributed by atoms with Crippen molar-refractivity contribution in [3.63, 3.8) is 0 Å². The molecule has 1 spiro atoms. The lowest BCUT2D eigenvalue weighted by Crippen LogP contribution is -2.25. The van der Waals surface area contributed by atoms with Crippen LogP contribution in [0.25, 0.3) is 121 Å². The third-order valence-corrected chi connectivity index (χ3v) is 16.6. The number of aromatic nitrogens is 4. The summed E-state index contributed by atoms with van der Waals surface area (Å²) in [7, 11) is 0. The van der Waals surface area contributed by atoms with Crippen LogP contribution in [-0.2, 0) is 5.41 Å². The number of pyridine rings is 1. The van der Waals surface area contributed by atoms with Gasteiger partial charge in [-0.05, 0) is 101 Å². The van der Waals surface area contributed by atoms with Crippen molar-refractivity contribution in [3.05, 3.63) is 277 Å². The molecule has 0 amide bonds. The first-order chi connectivity index (χ1) is 36.7. The van der Waals surface area contributed by atoms with Gasteiger partial charge in [0.2, 0.25) is 0 Å². The van der Waals surface area contributed by atoms with Crippen LogP contribution in [0, 0.1) is 0 Å². The van der Waals surface area contributed by atoms with Crippen LogP contribution in [0.15, 0.2) is 255 Å². The van der Waals surface area contributed by atoms with Gasteiger partial charge >= 0.3 is 0 Å². The van der Waals surface area contributed by atoms with Crippen molar-refractivity contribution in [2.24, 2.45) is 0 Å². The van der Waals surface area contributed by atoms with Crippen LogP contribution in [0.1, 0.15) is 22.3 Å². The van der Waals surface area contributed by atoms with Crippen molar-refractivity contribution in [2.75, 3.05) is 0 Å². The molecule has 0 fully saturated rings. The van der Waals surface area contributed by atoms with Crippen LogP contribution in [0.4, 0.5) is 0 Å². The summed E-state index contributed by atoms with van der Waals surface area (Å²) in [5, 5.41) is 2.52. The van der Waals surface area contributed by atoms with Crippen LogP contribution in [0.5, 0.6) is 0 Å². The van der Waals surface area contributed by atoms with Crippen LogP contribution < -0.4 is 0 Å². The number of benzene rings is 10. The monoisotopic (exact) mass is 958 g/mol. The van der Waals surface area contributed by atoms with Gasteiger partial charge in [-0.25, -0.2) is 15.0 Å². The number of nitrogens with zero attached hydrogens (tertiary/aromatic N) is 4. The first kappa shape index (κ1) is 42.3. The standard InChI is InChI=1S/C69H42N4S/c1-2-13-43(14-3-1)44-28-34-48(35-29-44)66-71-67(73-68(72-66)50-38-39-57-56-18-6-9-25-62(56)69(63(57)41-50)60-23-7-4-16-54(60)55-17-5-8-24-61(55)69)49-36-32-47(33-37-49)53-20-11-22-59-58-21-10-19-52(64(58)74-65(53)59)46-30-26-45(27-31-46)51-15-12-40-70-42-51/h1-42H. The highest BCUT2D eigenvalue weighted by atomic mass is 32.1. The maximum Gasteiger partial charge on any atom is 0.164 e. The van der Waals surface area contributed by atoms with Gasteiger partial charge in [-0.3, -0.25) is 4.98 Å². The molecule has 0 saturated heterocycles. The molecule has 2 aliphatic carbocycles. The summed E-state index contributed by atoms with van der Waals surface area (Å²) >= 11 is 1.87. The summed E-state index contributed by atoms with van der Waals surface area (Å²) in [6, 6.07) is 87.7. The highest BCUT2D eigenvalue weighted by Crippen LogP contribution is 2.63. The highest BCUT2D eigenvalue weighted by molar-refractivity contribution is 7.26. The Bertz CT molecular complexity index is 4270. The molecule has 10 aromatic carbocycles. The Morgan fingerprint density at radius 3 is 1.18 bits per heavy atom. The minimum absolute atomic E-state index is 0.484. The highest BCUT2D eigenvalue weighted by Gasteiger charge is 2.51. The lowest BCUT2D eigenvalue weighted by atomic mass is 9.70. The number of hydrogen-bond acceptors (Lipinski definition) is 5. The van der Waals surface area contributed by atoms with E-state index >= 15 is 0 Å². The van der Waals surface area contributed by atoms with Gasteiger partial charge in [-0.15, -0.1) is 11.3 Å². The van der Waals surface area contributed by atoms with Gasteiger partial charge in [-0.2, -0.15) is 0 Å². The third-order valence-electron chi connectivity index (χ3n) is 15.3. The SMILES string of the molecule is c1ccc(-c2ccc(-c3nc(-c4ccc(-c5cccc6c5sc5c(-c7ccc(-c8cccnc8)cc7)cccc56)cc4)nc(-c4ccc5c(c4)C4(c6ccccc6-c6ccccc64)c4ccccc4-5)n3)cc2)cc1. The summed E-state index contributed by atoms with van der Waals surface area (Å²) in [4.78, 5) is 20.3. The minimum atomic E-state index is -0.484. The van der Waals surface area contributed by atoms with Gasteiger partial charge in [0.1, 0.15) is 0 Å². The van der Waals surface area contributed by atoms with Crippen LogP contribution >= 0.6 is 11.3 Å². The fourth-order valence-electron chi connectivity index (χ4n) is 11.9. The minimum Gasteiger partial charge on any atom is -0.264 e. The molecule has 3 heterocycles. The van der Waals surface area contributed by atoms with Gasteiger partial charge in [0.05, 0.1) is 5.41 Å². The van der Waals surface area contributed by atoms with Crippen molar-refractivity contribution in [1.29, 1.82) is 0 Å². The summed E-state index contributed by atoms with van der Waals surface area (Å²) < 4.78 is 2.55. The maximum absolute atomic E-state index is 5.36. The second kappa shape index (κ2) is 16.8. The van der Waals surface area contributed by atoms with Gasteiger partial charge in [-0.1, -0.05) is 231 Å². The molecule has 5 heteroatoms. The zero-order chi connectivity index (χ0) is 48.7.